The molecule has 1 aromatic rings. The van der Waals surface area contributed by atoms with Crippen LogP contribution in [0.25, 0.3) is 0 Å². The normalized spacial score (nSPS) is 23.6. The van der Waals surface area contributed by atoms with Gasteiger partial charge in [0.05, 0.1) is 5.69 Å². The Labute approximate surface area is 108 Å². The number of nitrogens with zero attached hydrogens (tertiary/aromatic N) is 2. The van der Waals surface area contributed by atoms with E-state index in [-0.39, 0.29) is 0 Å². The summed E-state index contributed by atoms with van der Waals surface area (Å²) in [7, 11) is 0. The molecule has 2 aliphatic rings. The van der Waals surface area contributed by atoms with Crippen LogP contribution in [0.1, 0.15) is 25.0 Å². The fourth-order valence-corrected chi connectivity index (χ4v) is 3.19. The standard InChI is InChI=1S/C14H21N3O/c15-13-3-1-2-12(16-13)10-17-7-4-14(11-17)5-8-18-9-6-14/h1-3H,4-11H2,(H2,15,16). The van der Waals surface area contributed by atoms with Gasteiger partial charge in [-0.1, -0.05) is 6.07 Å². The molecule has 2 saturated heterocycles. The van der Waals surface area contributed by atoms with Crippen LogP contribution in [0.3, 0.4) is 0 Å². The van der Waals surface area contributed by atoms with Crippen LogP contribution in [0, 0.1) is 5.41 Å². The highest BCUT2D eigenvalue weighted by atomic mass is 16.5. The van der Waals surface area contributed by atoms with E-state index in [0.29, 0.717) is 11.2 Å². The third-order valence-electron chi connectivity index (χ3n) is 4.28. The smallest absolute Gasteiger partial charge is 0.123 e. The fraction of sp³-hybridized carbons (Fsp3) is 0.643. The second-order valence-corrected chi connectivity index (χ2v) is 5.63. The van der Waals surface area contributed by atoms with E-state index >= 15 is 0 Å². The Bertz CT molecular complexity index is 415. The van der Waals surface area contributed by atoms with Crippen LogP contribution in [0.4, 0.5) is 5.82 Å². The topological polar surface area (TPSA) is 51.4 Å². The van der Waals surface area contributed by atoms with Crippen molar-refractivity contribution in [1.82, 2.24) is 9.88 Å². The van der Waals surface area contributed by atoms with Gasteiger partial charge < -0.3 is 10.5 Å². The number of nitrogens with two attached hydrogens (primary N) is 1. The van der Waals surface area contributed by atoms with Crippen LogP contribution in [0.2, 0.25) is 0 Å². The number of nitrogen functional groups attached to an aromatic ring is 1. The van der Waals surface area contributed by atoms with Crippen molar-refractivity contribution < 1.29 is 4.74 Å². The van der Waals surface area contributed by atoms with Gasteiger partial charge in [-0.15, -0.1) is 0 Å². The van der Waals surface area contributed by atoms with Crippen molar-refractivity contribution in [2.24, 2.45) is 5.41 Å². The van der Waals surface area contributed by atoms with Gasteiger partial charge >= 0.3 is 0 Å². The molecule has 0 aromatic carbocycles. The van der Waals surface area contributed by atoms with E-state index < -0.39 is 0 Å². The van der Waals surface area contributed by atoms with Crippen molar-refractivity contribution in [1.29, 1.82) is 0 Å². The Morgan fingerprint density at radius 3 is 2.89 bits per heavy atom. The molecule has 1 aromatic heterocycles. The van der Waals surface area contributed by atoms with Crippen LogP contribution >= 0.6 is 0 Å². The molecule has 0 radical (unpaired) electrons. The number of rotatable bonds is 2. The molecule has 0 amide bonds. The van der Waals surface area contributed by atoms with Gasteiger partial charge in [-0.25, -0.2) is 4.98 Å². The molecule has 2 aliphatic heterocycles. The molecular formula is C14H21N3O. The third kappa shape index (κ3) is 2.49. The average Bonchev–Trinajstić information content (AvgIpc) is 2.73. The number of aromatic nitrogens is 1. The van der Waals surface area contributed by atoms with Crippen LogP contribution < -0.4 is 5.73 Å². The lowest BCUT2D eigenvalue weighted by molar-refractivity contribution is 0.0190. The lowest BCUT2D eigenvalue weighted by Crippen LogP contribution is -2.33. The minimum Gasteiger partial charge on any atom is -0.384 e. The first-order valence-corrected chi connectivity index (χ1v) is 6.77. The van der Waals surface area contributed by atoms with Crippen LogP contribution in [0.5, 0.6) is 0 Å². The fourth-order valence-electron chi connectivity index (χ4n) is 3.19. The number of likely N-dealkylation sites (tertiary alicyclic amines) is 1. The summed E-state index contributed by atoms with van der Waals surface area (Å²) in [5.74, 6) is 0.618. The van der Waals surface area contributed by atoms with Crippen molar-refractivity contribution in [2.75, 3.05) is 32.0 Å². The molecule has 98 valence electrons. The monoisotopic (exact) mass is 247 g/mol. The van der Waals surface area contributed by atoms with Gasteiger partial charge in [-0.2, -0.15) is 0 Å². The maximum absolute atomic E-state index is 5.72. The number of ether oxygens (including phenoxy) is 1. The Morgan fingerprint density at radius 2 is 2.11 bits per heavy atom. The molecule has 4 heteroatoms. The van der Waals surface area contributed by atoms with Crippen LogP contribution in [0.15, 0.2) is 18.2 Å². The molecule has 0 aliphatic carbocycles. The second-order valence-electron chi connectivity index (χ2n) is 5.63. The minimum atomic E-state index is 0.512. The third-order valence-corrected chi connectivity index (χ3v) is 4.28. The zero-order valence-electron chi connectivity index (χ0n) is 10.8. The summed E-state index contributed by atoms with van der Waals surface area (Å²) >= 11 is 0. The molecule has 3 heterocycles. The number of hydrogen-bond acceptors (Lipinski definition) is 4. The lowest BCUT2D eigenvalue weighted by atomic mass is 9.80. The maximum atomic E-state index is 5.72. The molecule has 3 rings (SSSR count). The van der Waals surface area contributed by atoms with E-state index in [2.05, 4.69) is 16.0 Å². The summed E-state index contributed by atoms with van der Waals surface area (Å²) < 4.78 is 5.48. The molecule has 4 nitrogen and oxygen atoms in total. The second kappa shape index (κ2) is 4.86. The van der Waals surface area contributed by atoms with Gasteiger partial charge in [0.2, 0.25) is 0 Å². The summed E-state index contributed by atoms with van der Waals surface area (Å²) in [4.78, 5) is 6.89. The molecule has 2 N–H and O–H groups in total. The van der Waals surface area contributed by atoms with Crippen LogP contribution in [-0.2, 0) is 11.3 Å². The number of pyridine rings is 1. The predicted molar refractivity (Wildman–Crippen MR) is 71.0 cm³/mol. The zero-order valence-corrected chi connectivity index (χ0v) is 10.8. The van der Waals surface area contributed by atoms with Gasteiger partial charge in [-0.05, 0) is 43.4 Å². The summed E-state index contributed by atoms with van der Waals surface area (Å²) in [5.41, 5.74) is 7.32. The molecule has 0 unspecified atom stereocenters. The largest absolute Gasteiger partial charge is 0.384 e. The minimum absolute atomic E-state index is 0.512. The Morgan fingerprint density at radius 1 is 1.28 bits per heavy atom. The van der Waals surface area contributed by atoms with Crippen molar-refractivity contribution >= 4 is 5.82 Å². The summed E-state index contributed by atoms with van der Waals surface area (Å²) in [6.45, 7) is 5.16. The summed E-state index contributed by atoms with van der Waals surface area (Å²) in [6.07, 6.45) is 3.74. The number of anilines is 1. The highest BCUT2D eigenvalue weighted by Crippen LogP contribution is 2.39. The van der Waals surface area contributed by atoms with Crippen LogP contribution in [-0.4, -0.2) is 36.2 Å². The van der Waals surface area contributed by atoms with E-state index in [1.807, 2.05) is 12.1 Å². The van der Waals surface area contributed by atoms with Crippen molar-refractivity contribution in [3.05, 3.63) is 23.9 Å². The van der Waals surface area contributed by atoms with Gasteiger partial charge in [0.15, 0.2) is 0 Å². The zero-order chi connectivity index (χ0) is 12.4. The molecular weight excluding hydrogens is 226 g/mol. The molecule has 1 spiro atoms. The van der Waals surface area contributed by atoms with E-state index in [4.69, 9.17) is 10.5 Å². The van der Waals surface area contributed by atoms with Gasteiger partial charge in [-0.3, -0.25) is 4.90 Å². The molecule has 0 saturated carbocycles. The number of hydrogen-bond donors (Lipinski definition) is 1. The SMILES string of the molecule is Nc1cccc(CN2CCC3(CCOCC3)C2)n1. The van der Waals surface area contributed by atoms with Gasteiger partial charge in [0, 0.05) is 26.3 Å². The van der Waals surface area contributed by atoms with E-state index in [1.54, 1.807) is 0 Å². The molecule has 18 heavy (non-hydrogen) atoms. The van der Waals surface area contributed by atoms with Crippen molar-refractivity contribution in [3.8, 4) is 0 Å². The Kier molecular flexibility index (Phi) is 3.22. The van der Waals surface area contributed by atoms with E-state index in [1.165, 1.54) is 32.4 Å². The first kappa shape index (κ1) is 11.9. The summed E-state index contributed by atoms with van der Waals surface area (Å²) in [6, 6.07) is 5.89. The van der Waals surface area contributed by atoms with Gasteiger partial charge in [0.1, 0.15) is 5.82 Å². The summed E-state index contributed by atoms with van der Waals surface area (Å²) in [5, 5.41) is 0. The predicted octanol–water partition coefficient (Wildman–Crippen LogP) is 1.67. The molecule has 2 fully saturated rings. The first-order valence-electron chi connectivity index (χ1n) is 6.77. The van der Waals surface area contributed by atoms with E-state index in [0.717, 1.165) is 25.5 Å². The first-order chi connectivity index (χ1) is 8.76. The lowest BCUT2D eigenvalue weighted by Gasteiger charge is -2.33. The maximum Gasteiger partial charge on any atom is 0.123 e. The van der Waals surface area contributed by atoms with Gasteiger partial charge in [0.25, 0.3) is 0 Å². The Balaban J connectivity index is 1.62. The highest BCUT2D eigenvalue weighted by molar-refractivity contribution is 5.28. The Hall–Kier alpha value is -1.13. The molecule has 0 bridgehead atoms. The highest BCUT2D eigenvalue weighted by Gasteiger charge is 2.39. The quantitative estimate of drug-likeness (QED) is 0.863. The average molecular weight is 247 g/mol. The van der Waals surface area contributed by atoms with Crippen molar-refractivity contribution in [2.45, 2.75) is 25.8 Å². The molecule has 0 atom stereocenters. The van der Waals surface area contributed by atoms with E-state index in [9.17, 15) is 0 Å². The van der Waals surface area contributed by atoms with Crippen molar-refractivity contribution in [3.63, 3.8) is 0 Å².